The van der Waals surface area contributed by atoms with Gasteiger partial charge in [-0.1, -0.05) is 41.5 Å². The number of benzene rings is 3. The molecule has 0 amide bonds. The first-order valence-electron chi connectivity index (χ1n) is 18.8. The third kappa shape index (κ3) is 6.11. The summed E-state index contributed by atoms with van der Waals surface area (Å²) in [5.41, 5.74) is 20.3. The molecular weight excluding hydrogens is 653 g/mol. The van der Waals surface area contributed by atoms with E-state index < -0.39 is 8.07 Å². The number of rotatable bonds is 10. The number of hydrogen-bond donors (Lipinski definition) is 0. The quantitative estimate of drug-likeness (QED) is 0.161. The normalized spacial score (nSPS) is 14.8. The zero-order valence-electron chi connectivity index (χ0n) is 37.0. The maximum absolute atomic E-state index is 3.23. The van der Waals surface area contributed by atoms with E-state index >= 15 is 0 Å². The van der Waals surface area contributed by atoms with E-state index in [1.165, 1.54) is 99.8 Å². The lowest BCUT2D eigenvalue weighted by atomic mass is 10.0. The second-order valence-corrected chi connectivity index (χ2v) is 20.5. The lowest BCUT2D eigenvalue weighted by molar-refractivity contribution is 0.851. The minimum absolute atomic E-state index is 0.282. The molecule has 0 fully saturated rings. The fourth-order valence-corrected chi connectivity index (χ4v) is 17.3. The van der Waals surface area contributed by atoms with Crippen LogP contribution in [0.2, 0.25) is 0 Å². The first-order valence-corrected chi connectivity index (χ1v) is 20.8. The Morgan fingerprint density at radius 1 is 0.385 bits per heavy atom. The summed E-state index contributed by atoms with van der Waals surface area (Å²) in [6.07, 6.45) is 0. The van der Waals surface area contributed by atoms with E-state index in [0.29, 0.717) is 0 Å². The maximum Gasteiger partial charge on any atom is 0.183 e. The van der Waals surface area contributed by atoms with Crippen molar-refractivity contribution < 1.29 is 0 Å². The fourth-order valence-electron chi connectivity index (χ4n) is 10.4. The highest BCUT2D eigenvalue weighted by Crippen LogP contribution is 2.47. The molecule has 4 rings (SSSR count). The minimum atomic E-state index is -3.23. The molecule has 7 heteroatoms. The Kier molecular flexibility index (Phi) is 11.4. The van der Waals surface area contributed by atoms with E-state index in [4.69, 9.17) is 0 Å². The number of aryl methyl sites for hydroxylation is 3. The summed E-state index contributed by atoms with van der Waals surface area (Å²) in [6.45, 7) is 23.7. The monoisotopic (exact) mass is 723 g/mol. The fraction of sp³-hybridized carbons (Fsp3) is 0.511. The van der Waals surface area contributed by atoms with Crippen molar-refractivity contribution in [3.8, 4) is 0 Å². The van der Waals surface area contributed by atoms with E-state index in [9.17, 15) is 0 Å². The SMILES string of the molecule is CC1=C(C)C(C)C([Si](c2cc(C)c(N(C)C)c(C)c2N(C)C)(c2cc(C)c(N(C)C)c(C)c2N(C)C)c2cc(C)c(N(C)C)c(C)c2N(C)C)=C1C. The molecule has 0 saturated heterocycles. The maximum atomic E-state index is 2.60. The molecule has 0 aliphatic heterocycles. The van der Waals surface area contributed by atoms with Gasteiger partial charge in [0, 0.05) is 119 Å². The molecule has 1 aliphatic carbocycles. The Bertz CT molecular complexity index is 1780. The van der Waals surface area contributed by atoms with Gasteiger partial charge in [-0.3, -0.25) is 0 Å². The van der Waals surface area contributed by atoms with E-state index in [1.54, 1.807) is 5.20 Å². The van der Waals surface area contributed by atoms with Gasteiger partial charge in [0.15, 0.2) is 8.07 Å². The predicted molar refractivity (Wildman–Crippen MR) is 239 cm³/mol. The van der Waals surface area contributed by atoms with Crippen LogP contribution in [0.1, 0.15) is 61.1 Å². The van der Waals surface area contributed by atoms with Gasteiger partial charge >= 0.3 is 0 Å². The summed E-state index contributed by atoms with van der Waals surface area (Å²) < 4.78 is 0. The summed E-state index contributed by atoms with van der Waals surface area (Å²) in [4.78, 5) is 14.1. The molecule has 0 heterocycles. The van der Waals surface area contributed by atoms with Gasteiger partial charge in [-0.2, -0.15) is 0 Å². The first kappa shape index (κ1) is 40.9. The van der Waals surface area contributed by atoms with E-state index in [0.717, 1.165) is 0 Å². The van der Waals surface area contributed by atoms with Gasteiger partial charge in [0.05, 0.1) is 0 Å². The van der Waals surface area contributed by atoms with Crippen molar-refractivity contribution in [2.45, 2.75) is 69.2 Å². The summed E-state index contributed by atoms with van der Waals surface area (Å²) in [5.74, 6) is 0.282. The van der Waals surface area contributed by atoms with Gasteiger partial charge in [0.1, 0.15) is 0 Å². The molecular formula is C45H70N6Si. The lowest BCUT2D eigenvalue weighted by Crippen LogP contribution is -2.72. The van der Waals surface area contributed by atoms with Crippen LogP contribution in [0.4, 0.5) is 34.1 Å². The van der Waals surface area contributed by atoms with Crippen LogP contribution in [0.25, 0.3) is 0 Å². The van der Waals surface area contributed by atoms with Crippen LogP contribution in [0, 0.1) is 47.5 Å². The molecule has 52 heavy (non-hydrogen) atoms. The molecule has 0 bridgehead atoms. The molecule has 0 N–H and O–H groups in total. The largest absolute Gasteiger partial charge is 0.377 e. The molecule has 0 aromatic heterocycles. The van der Waals surface area contributed by atoms with Crippen molar-refractivity contribution in [1.29, 1.82) is 0 Å². The Morgan fingerprint density at radius 3 is 0.827 bits per heavy atom. The average Bonchev–Trinajstić information content (AvgIpc) is 3.18. The van der Waals surface area contributed by atoms with Crippen molar-refractivity contribution >= 4 is 57.8 Å². The molecule has 6 nitrogen and oxygen atoms in total. The molecule has 1 aliphatic rings. The van der Waals surface area contributed by atoms with Gasteiger partial charge < -0.3 is 29.4 Å². The molecule has 3 aromatic carbocycles. The first-order chi connectivity index (χ1) is 24.0. The van der Waals surface area contributed by atoms with Crippen molar-refractivity contribution in [3.05, 3.63) is 73.5 Å². The second kappa shape index (κ2) is 14.5. The van der Waals surface area contributed by atoms with Crippen LogP contribution in [-0.4, -0.2) is 92.6 Å². The highest BCUT2D eigenvalue weighted by atomic mass is 28.3. The van der Waals surface area contributed by atoms with E-state index in [2.05, 4.69) is 201 Å². The van der Waals surface area contributed by atoms with Crippen LogP contribution in [0.5, 0.6) is 0 Å². The van der Waals surface area contributed by atoms with Crippen molar-refractivity contribution in [1.82, 2.24) is 0 Å². The third-order valence-corrected chi connectivity index (χ3v) is 17.2. The second-order valence-electron chi connectivity index (χ2n) is 16.9. The Morgan fingerprint density at radius 2 is 0.635 bits per heavy atom. The number of allylic oxidation sites excluding steroid dienone is 4. The molecule has 284 valence electrons. The lowest BCUT2D eigenvalue weighted by Gasteiger charge is -2.46. The highest BCUT2D eigenvalue weighted by Gasteiger charge is 2.53. The standard InChI is InChI=1S/C45H70N6Si/c1-26-23-36(42(49(17)18)33(8)39(26)46(11)12)52(45-31(6)29(4)30(5)32(45)7,37-24-27(2)40(47(13)14)34(9)43(37)50(19)20)38-25-28(3)41(48(15)16)35(10)44(38)51(21)22/h23-25,31H,1-22H3. The van der Waals surface area contributed by atoms with Crippen molar-refractivity contribution in [2.24, 2.45) is 5.92 Å². The average molecular weight is 723 g/mol. The highest BCUT2D eigenvalue weighted by molar-refractivity contribution is 7.18. The Balaban J connectivity index is 2.64. The summed E-state index contributed by atoms with van der Waals surface area (Å²) >= 11 is 0. The zero-order valence-corrected chi connectivity index (χ0v) is 38.0. The third-order valence-electron chi connectivity index (χ3n) is 12.0. The van der Waals surface area contributed by atoms with Gasteiger partial charge in [0.2, 0.25) is 0 Å². The minimum Gasteiger partial charge on any atom is -0.377 e. The van der Waals surface area contributed by atoms with Crippen LogP contribution in [0.15, 0.2) is 40.1 Å². The Hall–Kier alpha value is -3.84. The van der Waals surface area contributed by atoms with Gasteiger partial charge in [-0.25, -0.2) is 0 Å². The van der Waals surface area contributed by atoms with Crippen LogP contribution >= 0.6 is 0 Å². The summed E-state index contributed by atoms with van der Waals surface area (Å²) in [6, 6.07) is 7.81. The Labute approximate surface area is 319 Å². The molecule has 0 saturated carbocycles. The van der Waals surface area contributed by atoms with Crippen LogP contribution in [0.3, 0.4) is 0 Å². The molecule has 3 aromatic rings. The van der Waals surface area contributed by atoms with Gasteiger partial charge in [-0.15, -0.1) is 0 Å². The molecule has 1 atom stereocenters. The van der Waals surface area contributed by atoms with Gasteiger partial charge in [-0.05, 0) is 123 Å². The van der Waals surface area contributed by atoms with Crippen LogP contribution in [-0.2, 0) is 0 Å². The van der Waals surface area contributed by atoms with Gasteiger partial charge in [0.25, 0.3) is 0 Å². The summed E-state index contributed by atoms with van der Waals surface area (Å²) in [7, 11) is 23.4. The number of anilines is 6. The molecule has 1 unspecified atom stereocenters. The van der Waals surface area contributed by atoms with Crippen molar-refractivity contribution in [3.63, 3.8) is 0 Å². The van der Waals surface area contributed by atoms with Crippen LogP contribution < -0.4 is 45.0 Å². The van der Waals surface area contributed by atoms with E-state index in [-0.39, 0.29) is 5.92 Å². The molecule has 0 radical (unpaired) electrons. The smallest absolute Gasteiger partial charge is 0.183 e. The van der Waals surface area contributed by atoms with Crippen molar-refractivity contribution in [2.75, 3.05) is 114 Å². The number of hydrogen-bond acceptors (Lipinski definition) is 6. The zero-order chi connectivity index (χ0) is 39.6. The predicted octanol–water partition coefficient (Wildman–Crippen LogP) is 7.25. The summed E-state index contributed by atoms with van der Waals surface area (Å²) in [5, 5.41) is 6.03. The van der Waals surface area contributed by atoms with E-state index in [1.807, 2.05) is 0 Å². The number of nitrogens with zero attached hydrogens (tertiary/aromatic N) is 6. The topological polar surface area (TPSA) is 19.4 Å². The molecule has 0 spiro atoms.